The number of anilines is 2. The van der Waals surface area contributed by atoms with Crippen molar-refractivity contribution in [3.05, 3.63) is 90.4 Å². The van der Waals surface area contributed by atoms with Gasteiger partial charge in [0.25, 0.3) is 0 Å². The van der Waals surface area contributed by atoms with Crippen molar-refractivity contribution in [1.29, 1.82) is 0 Å². The van der Waals surface area contributed by atoms with Crippen molar-refractivity contribution in [2.24, 2.45) is 4.99 Å². The van der Waals surface area contributed by atoms with Crippen molar-refractivity contribution in [3.8, 4) is 11.5 Å². The van der Waals surface area contributed by atoms with Gasteiger partial charge in [0.1, 0.15) is 11.5 Å². The van der Waals surface area contributed by atoms with Gasteiger partial charge in [-0.15, -0.1) is 0 Å². The Morgan fingerprint density at radius 2 is 1.76 bits per heavy atom. The third-order valence-electron chi connectivity index (χ3n) is 4.59. The third kappa shape index (κ3) is 6.78. The molecule has 0 bridgehead atoms. The van der Waals surface area contributed by atoms with Gasteiger partial charge in [0.05, 0.1) is 25.6 Å². The number of carbonyl (C=O) groups is 1. The number of amides is 1. The fourth-order valence-electron chi connectivity index (χ4n) is 2.90. The van der Waals surface area contributed by atoms with Crippen LogP contribution in [0.5, 0.6) is 11.5 Å². The second kappa shape index (κ2) is 11.6. The number of hydrogen-bond donors (Lipinski definition) is 3. The molecule has 0 spiro atoms. The van der Waals surface area contributed by atoms with Crippen LogP contribution < -0.4 is 24.8 Å². The number of hydrogen-bond acceptors (Lipinski definition) is 7. The number of aliphatic imine (C=N–C) groups is 1. The summed E-state index contributed by atoms with van der Waals surface area (Å²) in [6.45, 7) is 5.99. The summed E-state index contributed by atoms with van der Waals surface area (Å²) >= 11 is 1.38. The molecule has 3 rings (SSSR count). The Balaban J connectivity index is 1.91. The zero-order chi connectivity index (χ0) is 23.6. The molecule has 170 valence electrons. The number of allylic oxidation sites excluding steroid dienone is 6. The van der Waals surface area contributed by atoms with E-state index in [1.807, 2.05) is 73.7 Å². The Kier molecular flexibility index (Phi) is 8.37. The summed E-state index contributed by atoms with van der Waals surface area (Å²) in [5, 5.41) is 6.03. The van der Waals surface area contributed by atoms with Crippen LogP contribution in [0.1, 0.15) is 6.92 Å². The summed E-state index contributed by atoms with van der Waals surface area (Å²) < 4.78 is 14.1. The summed E-state index contributed by atoms with van der Waals surface area (Å²) in [4.78, 5) is 16.5. The largest absolute Gasteiger partial charge is 0.497 e. The number of nitrogens with one attached hydrogen (secondary N) is 3. The maximum absolute atomic E-state index is 10.8. The molecule has 0 aromatic heterocycles. The lowest BCUT2D eigenvalue weighted by Crippen LogP contribution is -2.12. The van der Waals surface area contributed by atoms with Gasteiger partial charge in [0, 0.05) is 34.5 Å². The van der Waals surface area contributed by atoms with Gasteiger partial charge in [-0.3, -0.25) is 4.79 Å². The molecule has 3 N–H and O–H groups in total. The van der Waals surface area contributed by atoms with E-state index in [1.54, 1.807) is 14.2 Å². The Morgan fingerprint density at radius 3 is 2.42 bits per heavy atom. The molecule has 7 nitrogen and oxygen atoms in total. The number of carbonyl (C=O) groups excluding carboxylic acids is 1. The summed E-state index contributed by atoms with van der Waals surface area (Å²) in [6, 6.07) is 13.1. The van der Waals surface area contributed by atoms with Crippen LogP contribution in [-0.2, 0) is 4.79 Å². The summed E-state index contributed by atoms with van der Waals surface area (Å²) in [5.74, 6) is 1.97. The average molecular weight is 463 g/mol. The number of nitrogens with zero attached hydrogens (tertiary/aromatic N) is 1. The van der Waals surface area contributed by atoms with E-state index in [1.165, 1.54) is 11.9 Å². The highest BCUT2D eigenvalue weighted by molar-refractivity contribution is 7.97. The van der Waals surface area contributed by atoms with Crippen LogP contribution in [0.2, 0.25) is 0 Å². The first-order valence-corrected chi connectivity index (χ1v) is 10.9. The molecule has 0 saturated carbocycles. The topological polar surface area (TPSA) is 84.0 Å². The molecular formula is C25H26N4O3S. The van der Waals surface area contributed by atoms with Crippen molar-refractivity contribution >= 4 is 35.4 Å². The zero-order valence-electron chi connectivity index (χ0n) is 18.7. The second-order valence-corrected chi connectivity index (χ2v) is 7.81. The van der Waals surface area contributed by atoms with Crippen molar-refractivity contribution in [3.63, 3.8) is 0 Å². The minimum atomic E-state index is 0.617. The molecule has 0 radical (unpaired) electrons. The fraction of sp³-hybridized carbons (Fsp3) is 0.120. The maximum Gasteiger partial charge on any atom is 0.211 e. The third-order valence-corrected chi connectivity index (χ3v) is 5.37. The number of rotatable bonds is 10. The highest BCUT2D eigenvalue weighted by Gasteiger charge is 2.10. The van der Waals surface area contributed by atoms with E-state index in [0.717, 1.165) is 27.6 Å². The number of methoxy groups -OCH3 is 2. The van der Waals surface area contributed by atoms with Crippen molar-refractivity contribution < 1.29 is 14.3 Å². The number of benzene rings is 2. The predicted molar refractivity (Wildman–Crippen MR) is 136 cm³/mol. The first-order valence-electron chi connectivity index (χ1n) is 10.1. The molecule has 8 heteroatoms. The molecule has 0 unspecified atom stereocenters. The van der Waals surface area contributed by atoms with Gasteiger partial charge in [-0.2, -0.15) is 0 Å². The molecule has 2 aromatic rings. The van der Waals surface area contributed by atoms with E-state index in [4.69, 9.17) is 14.5 Å². The van der Waals surface area contributed by atoms with Crippen molar-refractivity contribution in [2.45, 2.75) is 11.8 Å². The van der Waals surface area contributed by atoms with E-state index in [2.05, 4.69) is 21.9 Å². The molecule has 0 atom stereocenters. The normalized spacial score (nSPS) is 14.5. The van der Waals surface area contributed by atoms with Crippen LogP contribution in [0.25, 0.3) is 0 Å². The molecule has 1 aliphatic rings. The van der Waals surface area contributed by atoms with Gasteiger partial charge < -0.3 is 24.8 Å². The van der Waals surface area contributed by atoms with Gasteiger partial charge >= 0.3 is 0 Å². The summed E-state index contributed by atoms with van der Waals surface area (Å²) in [6.07, 6.45) is 8.31. The number of ether oxygens (including phenoxy) is 2. The van der Waals surface area contributed by atoms with Crippen LogP contribution in [-0.4, -0.2) is 26.3 Å². The Morgan fingerprint density at radius 1 is 1.03 bits per heavy atom. The van der Waals surface area contributed by atoms with E-state index >= 15 is 0 Å². The SMILES string of the molecule is C=C1C=CC=C/C1=N/C(NSc1cccc(NC=O)c1)=C(\C)Nc1cc(OC)cc(OC)c1. The standard InChI is InChI=1S/C25H26N4O3S/c1-17-8-5-6-11-24(17)28-25(29-33-23-10-7-9-19(14-23)26-16-30)18(2)27-20-12-21(31-3)15-22(13-20)32-4/h5-16,27,29H,1H2,2-4H3,(H,26,30)/b25-18-,28-24-. The van der Waals surface area contributed by atoms with Gasteiger partial charge in [0.2, 0.25) is 6.41 Å². The molecule has 0 saturated heterocycles. The zero-order valence-corrected chi connectivity index (χ0v) is 19.5. The molecule has 33 heavy (non-hydrogen) atoms. The van der Waals surface area contributed by atoms with Crippen LogP contribution in [0.3, 0.4) is 0 Å². The van der Waals surface area contributed by atoms with Crippen molar-refractivity contribution in [2.75, 3.05) is 24.9 Å². The lowest BCUT2D eigenvalue weighted by molar-refractivity contribution is -0.105. The maximum atomic E-state index is 10.8. The Labute approximate surface area is 198 Å². The fourth-order valence-corrected chi connectivity index (χ4v) is 3.65. The minimum absolute atomic E-state index is 0.617. The molecule has 0 heterocycles. The lowest BCUT2D eigenvalue weighted by Gasteiger charge is -2.16. The Hall–Kier alpha value is -3.91. The van der Waals surface area contributed by atoms with Crippen LogP contribution in [0.15, 0.2) is 100 Å². The minimum Gasteiger partial charge on any atom is -0.497 e. The average Bonchev–Trinajstić information content (AvgIpc) is 2.83. The van der Waals surface area contributed by atoms with Crippen LogP contribution in [0.4, 0.5) is 11.4 Å². The predicted octanol–water partition coefficient (Wildman–Crippen LogP) is 5.29. The van der Waals surface area contributed by atoms with E-state index in [0.29, 0.717) is 29.4 Å². The van der Waals surface area contributed by atoms with Gasteiger partial charge in [-0.25, -0.2) is 4.99 Å². The molecule has 0 aliphatic heterocycles. The highest BCUT2D eigenvalue weighted by atomic mass is 32.2. The van der Waals surface area contributed by atoms with Crippen LogP contribution in [0, 0.1) is 0 Å². The first kappa shape index (κ1) is 23.7. The molecule has 2 aromatic carbocycles. The molecule has 0 fully saturated rings. The Bertz CT molecular complexity index is 1130. The summed E-state index contributed by atoms with van der Waals surface area (Å²) in [5.41, 5.74) is 3.85. The van der Waals surface area contributed by atoms with Crippen LogP contribution >= 0.6 is 11.9 Å². The first-order chi connectivity index (χ1) is 16.0. The van der Waals surface area contributed by atoms with Gasteiger partial charge in [-0.1, -0.05) is 30.9 Å². The summed E-state index contributed by atoms with van der Waals surface area (Å²) in [7, 11) is 3.22. The van der Waals surface area contributed by atoms with Gasteiger partial charge in [0.15, 0.2) is 5.82 Å². The second-order valence-electron chi connectivity index (χ2n) is 6.93. The highest BCUT2D eigenvalue weighted by Crippen LogP contribution is 2.28. The van der Waals surface area contributed by atoms with E-state index < -0.39 is 0 Å². The van der Waals surface area contributed by atoms with E-state index in [9.17, 15) is 4.79 Å². The molecular weight excluding hydrogens is 436 g/mol. The van der Waals surface area contributed by atoms with Gasteiger partial charge in [-0.05, 0) is 48.7 Å². The van der Waals surface area contributed by atoms with Crippen molar-refractivity contribution in [1.82, 2.24) is 4.72 Å². The van der Waals surface area contributed by atoms with E-state index in [-0.39, 0.29) is 0 Å². The monoisotopic (exact) mass is 462 g/mol. The quantitative estimate of drug-likeness (QED) is 0.329. The lowest BCUT2D eigenvalue weighted by atomic mass is 10.1. The molecule has 1 aliphatic carbocycles. The molecule has 1 amide bonds. The smallest absolute Gasteiger partial charge is 0.211 e.